The molecule has 90 valence electrons. The van der Waals surface area contributed by atoms with E-state index in [1.165, 1.54) is 45.2 Å². The molecule has 0 spiro atoms. The maximum absolute atomic E-state index is 9.42. The highest BCUT2D eigenvalue weighted by molar-refractivity contribution is 4.73. The van der Waals surface area contributed by atoms with Crippen LogP contribution in [-0.2, 0) is 0 Å². The summed E-state index contributed by atoms with van der Waals surface area (Å²) in [4.78, 5) is 2.47. The van der Waals surface area contributed by atoms with Crippen molar-refractivity contribution >= 4 is 0 Å². The molecule has 1 N–H and O–H groups in total. The summed E-state index contributed by atoms with van der Waals surface area (Å²) in [6.07, 6.45) is 8.48. The molecule has 0 amide bonds. The zero-order chi connectivity index (χ0) is 11.1. The fourth-order valence-electron chi connectivity index (χ4n) is 2.49. The van der Waals surface area contributed by atoms with Crippen molar-refractivity contribution in [1.29, 1.82) is 0 Å². The van der Waals surface area contributed by atoms with Crippen LogP contribution in [0.4, 0.5) is 0 Å². The van der Waals surface area contributed by atoms with Crippen LogP contribution in [-0.4, -0.2) is 36.2 Å². The van der Waals surface area contributed by atoms with Gasteiger partial charge in [0.05, 0.1) is 6.10 Å². The molecule has 0 atom stereocenters. The monoisotopic (exact) mass is 213 g/mol. The first-order valence-electron chi connectivity index (χ1n) is 6.59. The zero-order valence-corrected chi connectivity index (χ0v) is 10.4. The van der Waals surface area contributed by atoms with Crippen molar-refractivity contribution in [3.63, 3.8) is 0 Å². The van der Waals surface area contributed by atoms with E-state index in [2.05, 4.69) is 18.9 Å². The third-order valence-electron chi connectivity index (χ3n) is 3.53. The van der Waals surface area contributed by atoms with Crippen LogP contribution in [0.3, 0.4) is 0 Å². The number of unbranched alkanes of at least 4 members (excludes halogenated alkanes) is 2. The van der Waals surface area contributed by atoms with Crippen molar-refractivity contribution in [3.05, 3.63) is 0 Å². The molecule has 1 saturated carbocycles. The Kier molecular flexibility index (Phi) is 6.26. The highest BCUT2D eigenvalue weighted by Gasteiger charge is 2.20. The molecule has 1 rings (SSSR count). The lowest BCUT2D eigenvalue weighted by Gasteiger charge is -2.29. The molecule has 0 unspecified atom stereocenters. The van der Waals surface area contributed by atoms with Gasteiger partial charge in [-0.25, -0.2) is 0 Å². The molecule has 0 heterocycles. The molecule has 1 aliphatic rings. The van der Waals surface area contributed by atoms with Gasteiger partial charge in [-0.1, -0.05) is 19.8 Å². The number of hydrogen-bond donors (Lipinski definition) is 1. The molecule has 2 nitrogen and oxygen atoms in total. The average Bonchev–Trinajstić information content (AvgIpc) is 2.22. The molecular weight excluding hydrogens is 186 g/mol. The lowest BCUT2D eigenvalue weighted by molar-refractivity contribution is 0.0974. The van der Waals surface area contributed by atoms with Gasteiger partial charge in [0.1, 0.15) is 0 Å². The van der Waals surface area contributed by atoms with Crippen LogP contribution in [0.15, 0.2) is 0 Å². The second kappa shape index (κ2) is 7.24. The molecule has 0 aliphatic heterocycles. The van der Waals surface area contributed by atoms with Gasteiger partial charge in [0, 0.05) is 6.54 Å². The molecular formula is C13H27NO. The number of aliphatic hydroxyl groups is 1. The molecule has 0 aromatic carbocycles. The Morgan fingerprint density at radius 2 is 1.80 bits per heavy atom. The summed E-state index contributed by atoms with van der Waals surface area (Å²) in [6, 6.07) is 0. The molecule has 1 aliphatic carbocycles. The van der Waals surface area contributed by atoms with Gasteiger partial charge >= 0.3 is 0 Å². The Bertz CT molecular complexity index is 153. The van der Waals surface area contributed by atoms with Gasteiger partial charge in [0.25, 0.3) is 0 Å². The average molecular weight is 213 g/mol. The van der Waals surface area contributed by atoms with Gasteiger partial charge in [0.15, 0.2) is 0 Å². The summed E-state index contributed by atoms with van der Waals surface area (Å²) in [5.74, 6) is 0.833. The molecule has 0 aromatic rings. The molecule has 0 aromatic heterocycles. The van der Waals surface area contributed by atoms with E-state index in [9.17, 15) is 5.11 Å². The largest absolute Gasteiger partial charge is 0.393 e. The highest BCUT2D eigenvalue weighted by atomic mass is 16.3. The maximum Gasteiger partial charge on any atom is 0.0540 e. The molecule has 0 bridgehead atoms. The fraction of sp³-hybridized carbons (Fsp3) is 1.00. The minimum Gasteiger partial charge on any atom is -0.393 e. The van der Waals surface area contributed by atoms with E-state index in [4.69, 9.17) is 0 Å². The van der Waals surface area contributed by atoms with E-state index in [1.807, 2.05) is 0 Å². The summed E-state index contributed by atoms with van der Waals surface area (Å²) in [5, 5.41) is 9.42. The van der Waals surface area contributed by atoms with Crippen molar-refractivity contribution in [1.82, 2.24) is 4.90 Å². The quantitative estimate of drug-likeness (QED) is 0.686. The first-order valence-corrected chi connectivity index (χ1v) is 6.59. The van der Waals surface area contributed by atoms with Crippen LogP contribution in [0.1, 0.15) is 51.9 Å². The van der Waals surface area contributed by atoms with Crippen LogP contribution in [0.2, 0.25) is 0 Å². The summed E-state index contributed by atoms with van der Waals surface area (Å²) in [5.41, 5.74) is 0. The molecule has 1 fully saturated rings. The van der Waals surface area contributed by atoms with E-state index >= 15 is 0 Å². The Labute approximate surface area is 94.7 Å². The Morgan fingerprint density at radius 1 is 1.13 bits per heavy atom. The number of aliphatic hydroxyl groups excluding tert-OH is 1. The predicted molar refractivity (Wildman–Crippen MR) is 65.0 cm³/mol. The fourth-order valence-corrected chi connectivity index (χ4v) is 2.49. The molecule has 2 heteroatoms. The summed E-state index contributed by atoms with van der Waals surface area (Å²) in [7, 11) is 2.24. The van der Waals surface area contributed by atoms with Crippen molar-refractivity contribution in [2.75, 3.05) is 20.1 Å². The Hall–Kier alpha value is -0.0800. The molecule has 0 saturated heterocycles. The normalized spacial score (nSPS) is 27.2. The standard InChI is InChI=1S/C13H27NO/c1-3-4-5-10-14(2)11-12-6-8-13(15)9-7-12/h12-13,15H,3-11H2,1-2H3. The minimum atomic E-state index is -0.00773. The first-order chi connectivity index (χ1) is 7.22. The second-order valence-corrected chi connectivity index (χ2v) is 5.14. The lowest BCUT2D eigenvalue weighted by Crippen LogP contribution is -2.30. The van der Waals surface area contributed by atoms with Crippen molar-refractivity contribution < 1.29 is 5.11 Å². The SMILES string of the molecule is CCCCCN(C)CC1CCC(O)CC1. The third-order valence-corrected chi connectivity index (χ3v) is 3.53. The summed E-state index contributed by atoms with van der Waals surface area (Å²) in [6.45, 7) is 4.73. The number of rotatable bonds is 6. The number of hydrogen-bond acceptors (Lipinski definition) is 2. The van der Waals surface area contributed by atoms with E-state index < -0.39 is 0 Å². The van der Waals surface area contributed by atoms with Crippen molar-refractivity contribution in [2.24, 2.45) is 5.92 Å². The topological polar surface area (TPSA) is 23.5 Å². The van der Waals surface area contributed by atoms with Crippen LogP contribution in [0.25, 0.3) is 0 Å². The minimum absolute atomic E-state index is 0.00773. The van der Waals surface area contributed by atoms with Gasteiger partial charge in [-0.15, -0.1) is 0 Å². The maximum atomic E-state index is 9.42. The smallest absolute Gasteiger partial charge is 0.0540 e. The summed E-state index contributed by atoms with van der Waals surface area (Å²) < 4.78 is 0. The van der Waals surface area contributed by atoms with Gasteiger partial charge in [0.2, 0.25) is 0 Å². The van der Waals surface area contributed by atoms with Crippen LogP contribution in [0.5, 0.6) is 0 Å². The Balaban J connectivity index is 2.06. The first kappa shape index (κ1) is 13.0. The van der Waals surface area contributed by atoms with Gasteiger partial charge in [-0.3, -0.25) is 0 Å². The van der Waals surface area contributed by atoms with Crippen LogP contribution >= 0.6 is 0 Å². The van der Waals surface area contributed by atoms with E-state index in [0.29, 0.717) is 0 Å². The highest BCUT2D eigenvalue weighted by Crippen LogP contribution is 2.24. The zero-order valence-electron chi connectivity index (χ0n) is 10.4. The van der Waals surface area contributed by atoms with E-state index in [-0.39, 0.29) is 6.10 Å². The van der Waals surface area contributed by atoms with Crippen LogP contribution < -0.4 is 0 Å². The lowest BCUT2D eigenvalue weighted by atomic mass is 9.87. The van der Waals surface area contributed by atoms with Crippen molar-refractivity contribution in [2.45, 2.75) is 58.0 Å². The second-order valence-electron chi connectivity index (χ2n) is 5.14. The molecule has 15 heavy (non-hydrogen) atoms. The van der Waals surface area contributed by atoms with E-state index in [0.717, 1.165) is 18.8 Å². The molecule has 0 radical (unpaired) electrons. The van der Waals surface area contributed by atoms with E-state index in [1.54, 1.807) is 0 Å². The van der Waals surface area contributed by atoms with Gasteiger partial charge < -0.3 is 10.0 Å². The predicted octanol–water partition coefficient (Wildman–Crippen LogP) is 2.66. The third kappa shape index (κ3) is 5.53. The van der Waals surface area contributed by atoms with Gasteiger partial charge in [-0.05, 0) is 51.6 Å². The van der Waals surface area contributed by atoms with Gasteiger partial charge in [-0.2, -0.15) is 0 Å². The van der Waals surface area contributed by atoms with Crippen LogP contribution in [0, 0.1) is 5.92 Å². The van der Waals surface area contributed by atoms with Crippen molar-refractivity contribution in [3.8, 4) is 0 Å². The number of nitrogens with zero attached hydrogens (tertiary/aromatic N) is 1. The Morgan fingerprint density at radius 3 is 2.40 bits per heavy atom. The summed E-state index contributed by atoms with van der Waals surface area (Å²) >= 11 is 0.